The van der Waals surface area contributed by atoms with Gasteiger partial charge in [-0.15, -0.1) is 11.3 Å². The summed E-state index contributed by atoms with van der Waals surface area (Å²) in [5.41, 5.74) is 8.85. The SMILES string of the molecule is NC(c1cc(Br)ccc1I)c1cccc2ccsc12. The van der Waals surface area contributed by atoms with Gasteiger partial charge in [0.1, 0.15) is 0 Å². The van der Waals surface area contributed by atoms with Gasteiger partial charge in [0.05, 0.1) is 6.04 Å². The average Bonchev–Trinajstić information content (AvgIpc) is 2.89. The third-order valence-electron chi connectivity index (χ3n) is 3.14. The number of hydrogen-bond acceptors (Lipinski definition) is 2. The van der Waals surface area contributed by atoms with Gasteiger partial charge in [-0.1, -0.05) is 34.1 Å². The monoisotopic (exact) mass is 443 g/mol. The molecule has 2 aromatic carbocycles. The van der Waals surface area contributed by atoms with E-state index in [2.05, 4.69) is 80.3 Å². The highest BCUT2D eigenvalue weighted by Gasteiger charge is 2.15. The van der Waals surface area contributed by atoms with Gasteiger partial charge in [-0.3, -0.25) is 0 Å². The third-order valence-corrected chi connectivity index (χ3v) is 5.59. The van der Waals surface area contributed by atoms with Crippen LogP contribution in [0.25, 0.3) is 10.1 Å². The van der Waals surface area contributed by atoms with Crippen molar-refractivity contribution in [1.82, 2.24) is 0 Å². The summed E-state index contributed by atoms with van der Waals surface area (Å²) < 4.78 is 3.55. The molecule has 0 saturated heterocycles. The lowest BCUT2D eigenvalue weighted by Gasteiger charge is -2.16. The van der Waals surface area contributed by atoms with Crippen LogP contribution in [0.3, 0.4) is 0 Å². The topological polar surface area (TPSA) is 26.0 Å². The molecule has 0 saturated carbocycles. The number of nitrogens with two attached hydrogens (primary N) is 1. The largest absolute Gasteiger partial charge is 0.320 e. The molecule has 0 aliphatic heterocycles. The summed E-state index contributed by atoms with van der Waals surface area (Å²) in [6.07, 6.45) is 0. The number of thiophene rings is 1. The minimum atomic E-state index is -0.0910. The van der Waals surface area contributed by atoms with Crippen LogP contribution < -0.4 is 5.73 Å². The van der Waals surface area contributed by atoms with E-state index in [1.165, 1.54) is 19.2 Å². The molecule has 0 fully saturated rings. The number of hydrogen-bond donors (Lipinski definition) is 1. The van der Waals surface area contributed by atoms with Crippen molar-refractivity contribution in [2.24, 2.45) is 5.73 Å². The fourth-order valence-corrected chi connectivity index (χ4v) is 4.19. The van der Waals surface area contributed by atoms with Crippen molar-refractivity contribution in [1.29, 1.82) is 0 Å². The predicted molar refractivity (Wildman–Crippen MR) is 94.7 cm³/mol. The van der Waals surface area contributed by atoms with Crippen LogP contribution in [0.2, 0.25) is 0 Å². The zero-order valence-electron chi connectivity index (χ0n) is 9.94. The minimum absolute atomic E-state index is 0.0910. The minimum Gasteiger partial charge on any atom is -0.320 e. The van der Waals surface area contributed by atoms with Gasteiger partial charge in [-0.05, 0) is 68.7 Å². The van der Waals surface area contributed by atoms with Gasteiger partial charge in [-0.25, -0.2) is 0 Å². The van der Waals surface area contributed by atoms with E-state index in [1.54, 1.807) is 11.3 Å². The molecule has 0 bridgehead atoms. The van der Waals surface area contributed by atoms with Crippen LogP contribution in [0.1, 0.15) is 17.2 Å². The zero-order valence-corrected chi connectivity index (χ0v) is 14.5. The molecule has 1 unspecified atom stereocenters. The summed E-state index contributed by atoms with van der Waals surface area (Å²) in [4.78, 5) is 0. The Balaban J connectivity index is 2.15. The fraction of sp³-hybridized carbons (Fsp3) is 0.0667. The van der Waals surface area contributed by atoms with Crippen molar-refractivity contribution >= 4 is 59.9 Å². The van der Waals surface area contributed by atoms with Crippen molar-refractivity contribution in [3.05, 3.63) is 67.0 Å². The van der Waals surface area contributed by atoms with E-state index in [-0.39, 0.29) is 6.04 Å². The van der Waals surface area contributed by atoms with Crippen LogP contribution in [0.4, 0.5) is 0 Å². The second-order valence-electron chi connectivity index (χ2n) is 4.33. The van der Waals surface area contributed by atoms with E-state index in [1.807, 2.05) is 6.07 Å². The Morgan fingerprint density at radius 2 is 1.95 bits per heavy atom. The van der Waals surface area contributed by atoms with E-state index in [9.17, 15) is 0 Å². The van der Waals surface area contributed by atoms with Gasteiger partial charge < -0.3 is 5.73 Å². The van der Waals surface area contributed by atoms with Gasteiger partial charge in [0.15, 0.2) is 0 Å². The molecule has 0 aliphatic carbocycles. The van der Waals surface area contributed by atoms with Crippen LogP contribution >= 0.6 is 49.9 Å². The average molecular weight is 444 g/mol. The molecule has 0 radical (unpaired) electrons. The molecular formula is C15H11BrINS. The summed E-state index contributed by atoms with van der Waals surface area (Å²) in [7, 11) is 0. The summed E-state index contributed by atoms with van der Waals surface area (Å²) in [6.45, 7) is 0. The van der Waals surface area contributed by atoms with Crippen molar-refractivity contribution in [3.63, 3.8) is 0 Å². The Morgan fingerprint density at radius 3 is 2.79 bits per heavy atom. The first-order valence-electron chi connectivity index (χ1n) is 5.83. The molecule has 1 heterocycles. The van der Waals surface area contributed by atoms with Crippen LogP contribution in [0, 0.1) is 3.57 Å². The summed E-state index contributed by atoms with van der Waals surface area (Å²) in [6, 6.07) is 14.6. The molecule has 0 aliphatic rings. The van der Waals surface area contributed by atoms with Crippen molar-refractivity contribution in [2.45, 2.75) is 6.04 Å². The van der Waals surface area contributed by atoms with E-state index >= 15 is 0 Å². The van der Waals surface area contributed by atoms with Crippen LogP contribution in [-0.2, 0) is 0 Å². The Morgan fingerprint density at radius 1 is 1.11 bits per heavy atom. The predicted octanol–water partition coefficient (Wildman–Crippen LogP) is 5.32. The lowest BCUT2D eigenvalue weighted by atomic mass is 9.99. The normalized spacial score (nSPS) is 12.8. The summed E-state index contributed by atoms with van der Waals surface area (Å²) in [5, 5.41) is 3.38. The van der Waals surface area contributed by atoms with Gasteiger partial charge in [0.2, 0.25) is 0 Å². The third kappa shape index (κ3) is 2.59. The molecule has 96 valence electrons. The van der Waals surface area contributed by atoms with Crippen molar-refractivity contribution in [3.8, 4) is 0 Å². The molecule has 2 N–H and O–H groups in total. The quantitative estimate of drug-likeness (QED) is 0.533. The standard InChI is InChI=1S/C15H11BrINS/c16-10-4-5-13(17)12(8-10)14(18)11-3-1-2-9-6-7-19-15(9)11/h1-8,14H,18H2. The Bertz CT molecular complexity index is 738. The molecular weight excluding hydrogens is 433 g/mol. The van der Waals surface area contributed by atoms with E-state index < -0.39 is 0 Å². The number of rotatable bonds is 2. The smallest absolute Gasteiger partial charge is 0.0576 e. The van der Waals surface area contributed by atoms with Crippen molar-refractivity contribution < 1.29 is 0 Å². The van der Waals surface area contributed by atoms with Crippen LogP contribution in [0.5, 0.6) is 0 Å². The fourth-order valence-electron chi connectivity index (χ4n) is 2.18. The molecule has 0 spiro atoms. The lowest BCUT2D eigenvalue weighted by molar-refractivity contribution is 0.875. The number of benzene rings is 2. The maximum absolute atomic E-state index is 6.49. The number of halogens is 2. The zero-order chi connectivity index (χ0) is 13.4. The van der Waals surface area contributed by atoms with Gasteiger partial charge in [-0.2, -0.15) is 0 Å². The van der Waals surface area contributed by atoms with Gasteiger partial charge >= 0.3 is 0 Å². The molecule has 1 atom stereocenters. The summed E-state index contributed by atoms with van der Waals surface area (Å²) >= 11 is 7.62. The second-order valence-corrected chi connectivity index (χ2v) is 7.32. The van der Waals surface area contributed by atoms with Crippen LogP contribution in [-0.4, -0.2) is 0 Å². The van der Waals surface area contributed by atoms with Crippen molar-refractivity contribution in [2.75, 3.05) is 0 Å². The lowest BCUT2D eigenvalue weighted by Crippen LogP contribution is -2.13. The molecule has 1 nitrogen and oxygen atoms in total. The van der Waals surface area contributed by atoms with Gasteiger partial charge in [0, 0.05) is 12.7 Å². The molecule has 0 amide bonds. The highest BCUT2D eigenvalue weighted by atomic mass is 127. The first-order valence-corrected chi connectivity index (χ1v) is 8.58. The van der Waals surface area contributed by atoms with Crippen LogP contribution in [0.15, 0.2) is 52.3 Å². The number of fused-ring (bicyclic) bond motifs is 1. The molecule has 4 heteroatoms. The maximum Gasteiger partial charge on any atom is 0.0576 e. The summed E-state index contributed by atoms with van der Waals surface area (Å²) in [5.74, 6) is 0. The van der Waals surface area contributed by atoms with Gasteiger partial charge in [0.25, 0.3) is 0 Å². The van der Waals surface area contributed by atoms with E-state index in [0.29, 0.717) is 0 Å². The second kappa shape index (κ2) is 5.52. The highest BCUT2D eigenvalue weighted by Crippen LogP contribution is 2.33. The Labute approximate surface area is 138 Å². The molecule has 1 aromatic heterocycles. The molecule has 3 aromatic rings. The molecule has 19 heavy (non-hydrogen) atoms. The Hall–Kier alpha value is -0.430. The first-order chi connectivity index (χ1) is 9.16. The maximum atomic E-state index is 6.49. The highest BCUT2D eigenvalue weighted by molar-refractivity contribution is 14.1. The van der Waals surface area contributed by atoms with E-state index in [4.69, 9.17) is 5.73 Å². The first kappa shape index (κ1) is 13.5. The molecule has 3 rings (SSSR count). The van der Waals surface area contributed by atoms with E-state index in [0.717, 1.165) is 10.0 Å². The Kier molecular flexibility index (Phi) is 3.93.